The van der Waals surface area contributed by atoms with E-state index in [4.69, 9.17) is 0 Å². The van der Waals surface area contributed by atoms with Crippen LogP contribution in [0.1, 0.15) is 47.1 Å². The van der Waals surface area contributed by atoms with Crippen molar-refractivity contribution in [3.05, 3.63) is 23.8 Å². The van der Waals surface area contributed by atoms with Gasteiger partial charge in [-0.3, -0.25) is 4.72 Å². The van der Waals surface area contributed by atoms with Crippen molar-refractivity contribution in [2.75, 3.05) is 4.72 Å². The molecular formula is C14H24N2O3S. The molecule has 20 heavy (non-hydrogen) atoms. The van der Waals surface area contributed by atoms with Gasteiger partial charge in [-0.2, -0.15) is 13.1 Å². The van der Waals surface area contributed by atoms with Crippen LogP contribution in [0.3, 0.4) is 0 Å². The lowest BCUT2D eigenvalue weighted by atomic mass is 9.87. The molecule has 1 aromatic carbocycles. The highest BCUT2D eigenvalue weighted by Gasteiger charge is 2.22. The molecule has 3 N–H and O–H groups in total. The van der Waals surface area contributed by atoms with Gasteiger partial charge in [-0.1, -0.05) is 26.8 Å². The Balaban J connectivity index is 3.09. The molecule has 0 amide bonds. The fourth-order valence-corrected chi connectivity index (χ4v) is 2.97. The van der Waals surface area contributed by atoms with Crippen molar-refractivity contribution < 1.29 is 13.5 Å². The molecule has 0 heterocycles. The zero-order chi connectivity index (χ0) is 15.8. The zero-order valence-electron chi connectivity index (χ0n) is 12.9. The first-order valence-electron chi connectivity index (χ1n) is 6.45. The van der Waals surface area contributed by atoms with Crippen molar-refractivity contribution in [2.24, 2.45) is 0 Å². The molecule has 114 valence electrons. The molecule has 0 spiro atoms. The van der Waals surface area contributed by atoms with Crippen LogP contribution in [0.15, 0.2) is 18.2 Å². The minimum absolute atomic E-state index is 0.0997. The van der Waals surface area contributed by atoms with Crippen molar-refractivity contribution in [2.45, 2.75) is 52.5 Å². The number of hydrogen-bond donors (Lipinski definition) is 3. The first-order valence-corrected chi connectivity index (χ1v) is 7.94. The van der Waals surface area contributed by atoms with E-state index >= 15 is 0 Å². The first kappa shape index (κ1) is 16.8. The maximum Gasteiger partial charge on any atom is 0.299 e. The predicted molar refractivity (Wildman–Crippen MR) is 82.2 cm³/mol. The second-order valence-electron chi connectivity index (χ2n) is 6.94. The van der Waals surface area contributed by atoms with Crippen LogP contribution in [-0.2, 0) is 15.6 Å². The minimum atomic E-state index is -3.74. The van der Waals surface area contributed by atoms with Crippen LogP contribution in [0.4, 0.5) is 5.69 Å². The second kappa shape index (κ2) is 5.26. The number of rotatable bonds is 3. The molecule has 0 aliphatic rings. The topological polar surface area (TPSA) is 78.4 Å². The van der Waals surface area contributed by atoms with Gasteiger partial charge >= 0.3 is 0 Å². The Morgan fingerprint density at radius 3 is 2.05 bits per heavy atom. The van der Waals surface area contributed by atoms with E-state index in [2.05, 4.69) is 9.44 Å². The molecule has 0 bridgehead atoms. The van der Waals surface area contributed by atoms with E-state index in [1.54, 1.807) is 32.9 Å². The van der Waals surface area contributed by atoms with Crippen molar-refractivity contribution in [1.29, 1.82) is 0 Å². The largest absolute Gasteiger partial charge is 0.506 e. The third-order valence-electron chi connectivity index (χ3n) is 2.55. The lowest BCUT2D eigenvalue weighted by Crippen LogP contribution is -2.43. The van der Waals surface area contributed by atoms with Crippen molar-refractivity contribution in [3.63, 3.8) is 0 Å². The molecule has 0 aliphatic carbocycles. The number of anilines is 1. The van der Waals surface area contributed by atoms with Gasteiger partial charge in [0.2, 0.25) is 0 Å². The fraction of sp³-hybridized carbons (Fsp3) is 0.571. The van der Waals surface area contributed by atoms with Gasteiger partial charge < -0.3 is 5.11 Å². The number of phenolic OH excluding ortho intramolecular Hbond substituents is 1. The summed E-state index contributed by atoms with van der Waals surface area (Å²) in [5.41, 5.74) is 0.381. The summed E-state index contributed by atoms with van der Waals surface area (Å²) in [5, 5.41) is 9.81. The van der Waals surface area contributed by atoms with Gasteiger partial charge in [0.05, 0.1) is 5.69 Å². The van der Waals surface area contributed by atoms with E-state index in [0.29, 0.717) is 0 Å². The van der Waals surface area contributed by atoms with Gasteiger partial charge in [0.1, 0.15) is 5.75 Å². The standard InChI is InChI=1S/C14H24N2O3S/c1-13(2,3)10-7-8-12(17)11(9-10)15-20(18,19)16-14(4,5)6/h7-9,15-17H,1-6H3. The molecule has 0 saturated heterocycles. The van der Waals surface area contributed by atoms with E-state index < -0.39 is 15.7 Å². The molecule has 0 unspecified atom stereocenters. The van der Waals surface area contributed by atoms with Crippen LogP contribution < -0.4 is 9.44 Å². The van der Waals surface area contributed by atoms with E-state index in [9.17, 15) is 13.5 Å². The van der Waals surface area contributed by atoms with Gasteiger partial charge in [0.25, 0.3) is 10.2 Å². The monoisotopic (exact) mass is 300 g/mol. The SMILES string of the molecule is CC(C)(C)NS(=O)(=O)Nc1cc(C(C)(C)C)ccc1O. The highest BCUT2D eigenvalue weighted by atomic mass is 32.2. The molecule has 0 saturated carbocycles. The van der Waals surface area contributed by atoms with Crippen LogP contribution in [0.2, 0.25) is 0 Å². The average molecular weight is 300 g/mol. The molecule has 0 atom stereocenters. The molecule has 6 heteroatoms. The summed E-state index contributed by atoms with van der Waals surface area (Å²) in [6.07, 6.45) is 0. The Labute approximate surface area is 121 Å². The first-order chi connectivity index (χ1) is 8.80. The van der Waals surface area contributed by atoms with Crippen LogP contribution in [-0.4, -0.2) is 19.1 Å². The quantitative estimate of drug-likeness (QED) is 0.751. The lowest BCUT2D eigenvalue weighted by Gasteiger charge is -2.23. The molecule has 5 nitrogen and oxygen atoms in total. The number of aromatic hydroxyl groups is 1. The van der Waals surface area contributed by atoms with Gasteiger partial charge in [0.15, 0.2) is 0 Å². The number of phenols is 1. The third kappa shape index (κ3) is 5.02. The number of hydrogen-bond acceptors (Lipinski definition) is 3. The maximum absolute atomic E-state index is 12.0. The predicted octanol–water partition coefficient (Wildman–Crippen LogP) is 2.73. The molecular weight excluding hydrogens is 276 g/mol. The van der Waals surface area contributed by atoms with Gasteiger partial charge in [-0.05, 0) is 43.9 Å². The average Bonchev–Trinajstić information content (AvgIpc) is 2.15. The van der Waals surface area contributed by atoms with Crippen LogP contribution in [0.5, 0.6) is 5.75 Å². The van der Waals surface area contributed by atoms with E-state index in [1.165, 1.54) is 6.07 Å². The summed E-state index contributed by atoms with van der Waals surface area (Å²) in [6.45, 7) is 11.3. The third-order valence-corrected chi connectivity index (χ3v) is 3.92. The summed E-state index contributed by atoms with van der Waals surface area (Å²) in [5.74, 6) is -0.0997. The summed E-state index contributed by atoms with van der Waals surface area (Å²) in [6, 6.07) is 4.93. The van der Waals surface area contributed by atoms with Crippen LogP contribution in [0, 0.1) is 0 Å². The molecule has 1 rings (SSSR count). The molecule has 0 fully saturated rings. The maximum atomic E-state index is 12.0. The Hall–Kier alpha value is -1.27. The van der Waals surface area contributed by atoms with E-state index in [-0.39, 0.29) is 16.9 Å². The number of nitrogens with one attached hydrogen (secondary N) is 2. The number of benzene rings is 1. The van der Waals surface area contributed by atoms with Gasteiger partial charge in [0, 0.05) is 5.54 Å². The summed E-state index contributed by atoms with van der Waals surface area (Å²) >= 11 is 0. The Kier molecular flexibility index (Phi) is 4.41. The summed E-state index contributed by atoms with van der Waals surface area (Å²) in [4.78, 5) is 0. The molecule has 0 radical (unpaired) electrons. The van der Waals surface area contributed by atoms with E-state index in [0.717, 1.165) is 5.56 Å². The van der Waals surface area contributed by atoms with Crippen LogP contribution in [0.25, 0.3) is 0 Å². The Bertz CT molecular complexity index is 581. The molecule has 0 aromatic heterocycles. The van der Waals surface area contributed by atoms with Crippen molar-refractivity contribution in [3.8, 4) is 5.75 Å². The molecule has 1 aromatic rings. The highest BCUT2D eigenvalue weighted by molar-refractivity contribution is 7.90. The van der Waals surface area contributed by atoms with E-state index in [1.807, 2.05) is 20.8 Å². The fourth-order valence-electron chi connectivity index (χ4n) is 1.66. The highest BCUT2D eigenvalue weighted by Crippen LogP contribution is 2.31. The second-order valence-corrected chi connectivity index (χ2v) is 8.35. The summed E-state index contributed by atoms with van der Waals surface area (Å²) < 4.78 is 28.8. The minimum Gasteiger partial charge on any atom is -0.506 e. The summed E-state index contributed by atoms with van der Waals surface area (Å²) in [7, 11) is -3.74. The van der Waals surface area contributed by atoms with Gasteiger partial charge in [-0.15, -0.1) is 0 Å². The molecule has 0 aliphatic heterocycles. The Morgan fingerprint density at radius 1 is 1.05 bits per heavy atom. The Morgan fingerprint density at radius 2 is 1.60 bits per heavy atom. The van der Waals surface area contributed by atoms with Crippen LogP contribution >= 0.6 is 0 Å². The van der Waals surface area contributed by atoms with Crippen molar-refractivity contribution >= 4 is 15.9 Å². The van der Waals surface area contributed by atoms with Gasteiger partial charge in [-0.25, -0.2) is 0 Å². The normalized spacial score (nSPS) is 13.3. The van der Waals surface area contributed by atoms with Crippen molar-refractivity contribution in [1.82, 2.24) is 4.72 Å². The smallest absolute Gasteiger partial charge is 0.299 e. The lowest BCUT2D eigenvalue weighted by molar-refractivity contribution is 0.475. The zero-order valence-corrected chi connectivity index (χ0v) is 13.7.